The molecule has 1 N–H and O–H groups in total. The van der Waals surface area contributed by atoms with E-state index in [-0.39, 0.29) is 11.4 Å². The van der Waals surface area contributed by atoms with Crippen molar-refractivity contribution in [1.82, 2.24) is 20.1 Å². The summed E-state index contributed by atoms with van der Waals surface area (Å²) in [6.45, 7) is 0.555. The lowest BCUT2D eigenvalue weighted by Crippen LogP contribution is -2.59. The fourth-order valence-electron chi connectivity index (χ4n) is 6.32. The van der Waals surface area contributed by atoms with Crippen molar-refractivity contribution in [3.05, 3.63) is 41.9 Å². The minimum absolute atomic E-state index is 0.000287. The van der Waals surface area contributed by atoms with Crippen LogP contribution in [0.25, 0.3) is 0 Å². The molecule has 154 valence electrons. The highest BCUT2D eigenvalue weighted by atomic mass is 16.5. The number of aryl methyl sites for hydroxylation is 2. The first-order valence-electron chi connectivity index (χ1n) is 11.0. The summed E-state index contributed by atoms with van der Waals surface area (Å²) in [6, 6.07) is 4.04. The van der Waals surface area contributed by atoms with Gasteiger partial charge in [-0.2, -0.15) is 5.10 Å². The molecule has 1 amide bonds. The van der Waals surface area contributed by atoms with E-state index < -0.39 is 0 Å². The third-order valence-electron chi connectivity index (χ3n) is 7.14. The monoisotopic (exact) mass is 394 g/mol. The smallest absolute Gasteiger partial charge is 0.258 e. The molecular formula is C23H30N4O2. The number of nitrogens with zero attached hydrogens (tertiary/aromatic N) is 3. The van der Waals surface area contributed by atoms with Crippen LogP contribution in [0.5, 0.6) is 5.88 Å². The van der Waals surface area contributed by atoms with Crippen LogP contribution in [0.1, 0.15) is 60.9 Å². The van der Waals surface area contributed by atoms with Crippen LogP contribution in [-0.2, 0) is 13.5 Å². The third-order valence-corrected chi connectivity index (χ3v) is 7.14. The Hall–Kier alpha value is -2.37. The maximum absolute atomic E-state index is 13.2. The minimum Gasteiger partial charge on any atom is -0.477 e. The molecule has 4 bridgehead atoms. The fourth-order valence-corrected chi connectivity index (χ4v) is 6.32. The van der Waals surface area contributed by atoms with Crippen LogP contribution in [0.2, 0.25) is 0 Å². The summed E-state index contributed by atoms with van der Waals surface area (Å²) in [5, 5.41) is 7.72. The lowest BCUT2D eigenvalue weighted by atomic mass is 9.53. The summed E-state index contributed by atoms with van der Waals surface area (Å²) in [5.41, 5.74) is 1.81. The van der Waals surface area contributed by atoms with E-state index in [0.29, 0.717) is 18.1 Å². The topological polar surface area (TPSA) is 69.0 Å². The van der Waals surface area contributed by atoms with Crippen LogP contribution in [0.4, 0.5) is 0 Å². The lowest BCUT2D eigenvalue weighted by Gasteiger charge is -2.56. The third kappa shape index (κ3) is 3.77. The average Bonchev–Trinajstić information content (AvgIpc) is 3.05. The summed E-state index contributed by atoms with van der Waals surface area (Å²) >= 11 is 0. The summed E-state index contributed by atoms with van der Waals surface area (Å²) in [7, 11) is 1.83. The normalized spacial score (nSPS) is 29.8. The number of rotatable bonds is 7. The van der Waals surface area contributed by atoms with Gasteiger partial charge in [-0.05, 0) is 86.8 Å². The molecule has 4 saturated carbocycles. The van der Waals surface area contributed by atoms with Crippen LogP contribution in [0.3, 0.4) is 0 Å². The molecule has 2 heterocycles. The van der Waals surface area contributed by atoms with E-state index in [1.54, 1.807) is 10.9 Å². The molecule has 4 fully saturated rings. The lowest BCUT2D eigenvalue weighted by molar-refractivity contribution is -0.0167. The zero-order valence-corrected chi connectivity index (χ0v) is 17.1. The van der Waals surface area contributed by atoms with Crippen molar-refractivity contribution in [1.29, 1.82) is 0 Å². The first kappa shape index (κ1) is 18.6. The molecule has 6 heteroatoms. The molecule has 6 nitrogen and oxygen atoms in total. The number of nitrogens with one attached hydrogen (secondary N) is 1. The van der Waals surface area contributed by atoms with Crippen molar-refractivity contribution in [3.63, 3.8) is 0 Å². The number of ether oxygens (including phenoxy) is 1. The number of aromatic nitrogens is 3. The van der Waals surface area contributed by atoms with E-state index in [2.05, 4.69) is 15.4 Å². The predicted octanol–water partition coefficient (Wildman–Crippen LogP) is 3.53. The highest BCUT2D eigenvalue weighted by Crippen LogP contribution is 2.55. The molecule has 0 spiro atoms. The summed E-state index contributed by atoms with van der Waals surface area (Å²) in [6.07, 6.45) is 14.6. The van der Waals surface area contributed by atoms with Crippen molar-refractivity contribution in [2.24, 2.45) is 24.8 Å². The Bertz CT molecular complexity index is 841. The van der Waals surface area contributed by atoms with E-state index in [9.17, 15) is 4.79 Å². The summed E-state index contributed by atoms with van der Waals surface area (Å²) in [4.78, 5) is 17.2. The van der Waals surface area contributed by atoms with Crippen molar-refractivity contribution >= 4 is 5.91 Å². The molecule has 2 aromatic heterocycles. The first-order valence-corrected chi connectivity index (χ1v) is 11.0. The van der Waals surface area contributed by atoms with Gasteiger partial charge in [0.15, 0.2) is 0 Å². The Labute approximate surface area is 172 Å². The van der Waals surface area contributed by atoms with Gasteiger partial charge in [-0.3, -0.25) is 9.78 Å². The van der Waals surface area contributed by atoms with Crippen LogP contribution >= 0.6 is 0 Å². The van der Waals surface area contributed by atoms with Crippen LogP contribution in [0.15, 0.2) is 30.7 Å². The maximum atomic E-state index is 13.2. The van der Waals surface area contributed by atoms with Crippen molar-refractivity contribution < 1.29 is 9.53 Å². The van der Waals surface area contributed by atoms with Crippen LogP contribution < -0.4 is 10.1 Å². The number of hydrogen-bond donors (Lipinski definition) is 1. The molecule has 4 aliphatic carbocycles. The fraction of sp³-hybridized carbons (Fsp3) is 0.609. The predicted molar refractivity (Wildman–Crippen MR) is 110 cm³/mol. The van der Waals surface area contributed by atoms with Crippen LogP contribution in [0, 0.1) is 17.8 Å². The van der Waals surface area contributed by atoms with Crippen LogP contribution in [-0.4, -0.2) is 32.8 Å². The number of amides is 1. The van der Waals surface area contributed by atoms with E-state index >= 15 is 0 Å². The van der Waals surface area contributed by atoms with E-state index in [4.69, 9.17) is 4.74 Å². The highest BCUT2D eigenvalue weighted by Gasteiger charge is 2.51. The number of carbonyl (C=O) groups is 1. The van der Waals surface area contributed by atoms with Gasteiger partial charge in [0.1, 0.15) is 5.56 Å². The van der Waals surface area contributed by atoms with E-state index in [0.717, 1.165) is 49.9 Å². The molecule has 29 heavy (non-hydrogen) atoms. The number of pyridine rings is 1. The van der Waals surface area contributed by atoms with E-state index in [1.165, 1.54) is 24.8 Å². The SMILES string of the molecule is Cn1ncc(C(=O)NC23CC4CC(CC(C4)C2)C3)c1OCCCc1ccncc1. The van der Waals surface area contributed by atoms with Gasteiger partial charge in [-0.25, -0.2) is 4.68 Å². The molecule has 0 aliphatic heterocycles. The zero-order chi connectivity index (χ0) is 19.8. The quantitative estimate of drug-likeness (QED) is 0.730. The Balaban J connectivity index is 1.22. The Morgan fingerprint density at radius 3 is 2.48 bits per heavy atom. The number of carbonyl (C=O) groups excluding carboxylic acids is 1. The Morgan fingerprint density at radius 1 is 1.17 bits per heavy atom. The van der Waals surface area contributed by atoms with Gasteiger partial charge in [0.25, 0.3) is 5.91 Å². The van der Waals surface area contributed by atoms with E-state index in [1.807, 2.05) is 31.6 Å². The van der Waals surface area contributed by atoms with Gasteiger partial charge in [0.2, 0.25) is 5.88 Å². The zero-order valence-electron chi connectivity index (χ0n) is 17.1. The summed E-state index contributed by atoms with van der Waals surface area (Å²) in [5.74, 6) is 2.96. The maximum Gasteiger partial charge on any atom is 0.258 e. The minimum atomic E-state index is -0.0239. The molecule has 0 radical (unpaired) electrons. The second kappa shape index (κ2) is 7.47. The van der Waals surface area contributed by atoms with Gasteiger partial charge in [0, 0.05) is 25.0 Å². The molecule has 0 aromatic carbocycles. The second-order valence-electron chi connectivity index (χ2n) is 9.45. The van der Waals surface area contributed by atoms with Gasteiger partial charge < -0.3 is 10.1 Å². The average molecular weight is 395 g/mol. The van der Waals surface area contributed by atoms with Crippen molar-refractivity contribution in [3.8, 4) is 5.88 Å². The molecule has 0 saturated heterocycles. The van der Waals surface area contributed by atoms with Gasteiger partial charge in [-0.15, -0.1) is 0 Å². The summed E-state index contributed by atoms with van der Waals surface area (Å²) < 4.78 is 7.66. The second-order valence-corrected chi connectivity index (χ2v) is 9.45. The highest BCUT2D eigenvalue weighted by molar-refractivity contribution is 5.96. The molecule has 6 rings (SSSR count). The van der Waals surface area contributed by atoms with Gasteiger partial charge in [-0.1, -0.05) is 0 Å². The largest absolute Gasteiger partial charge is 0.477 e. The van der Waals surface area contributed by atoms with Gasteiger partial charge in [0.05, 0.1) is 12.8 Å². The molecular weight excluding hydrogens is 364 g/mol. The molecule has 2 aromatic rings. The Morgan fingerprint density at radius 2 is 1.83 bits per heavy atom. The molecule has 0 atom stereocenters. The first-order chi connectivity index (χ1) is 14.1. The van der Waals surface area contributed by atoms with Crippen molar-refractivity contribution in [2.75, 3.05) is 6.61 Å². The van der Waals surface area contributed by atoms with Gasteiger partial charge >= 0.3 is 0 Å². The van der Waals surface area contributed by atoms with Crippen molar-refractivity contribution in [2.45, 2.75) is 56.9 Å². The molecule has 0 unspecified atom stereocenters. The standard InChI is InChI=1S/C23H30N4O2/c1-27-22(29-8-2-3-16-4-6-24-7-5-16)20(15-25-27)21(28)26-23-12-17-9-18(13-23)11-19(10-17)14-23/h4-7,15,17-19H,2-3,8-14H2,1H3,(H,26,28). The Kier molecular flexibility index (Phi) is 4.80. The molecule has 4 aliphatic rings. The number of hydrogen-bond acceptors (Lipinski definition) is 4.